The summed E-state index contributed by atoms with van der Waals surface area (Å²) in [6, 6.07) is 25.2. The number of hydrogen-bond acceptors (Lipinski definition) is 7. The minimum Gasteiger partial charge on any atom is -0.497 e. The number of methoxy groups -OCH3 is 2. The molecule has 3 aromatic carbocycles. The lowest BCUT2D eigenvalue weighted by molar-refractivity contribution is -0.209. The van der Waals surface area contributed by atoms with E-state index in [0.717, 1.165) is 85.1 Å². The van der Waals surface area contributed by atoms with E-state index in [2.05, 4.69) is 74.5 Å². The van der Waals surface area contributed by atoms with Crippen molar-refractivity contribution in [2.75, 3.05) is 27.4 Å². The zero-order valence-corrected chi connectivity index (χ0v) is 28.6. The maximum atomic E-state index is 6.99. The molecule has 3 aliphatic rings. The van der Waals surface area contributed by atoms with E-state index in [0.29, 0.717) is 26.4 Å². The Balaban J connectivity index is 1.39. The van der Waals surface area contributed by atoms with Crippen LogP contribution in [0.15, 0.2) is 72.8 Å². The SMILES string of the molecule is COc1cc2c(OC)c(c1)CO[C@@H]1CCCC[C@]1(c1ccccc1)OC[C@H](C)O[C@@H](C)CO[C@@]1(c3ccccc3)CCCC[C@H]1OC2. The van der Waals surface area contributed by atoms with E-state index >= 15 is 0 Å². The molecule has 0 radical (unpaired) electrons. The highest BCUT2D eigenvalue weighted by atomic mass is 16.6. The quantitative estimate of drug-likeness (QED) is 0.283. The second kappa shape index (κ2) is 15.5. The first-order valence-electron chi connectivity index (χ1n) is 17.5. The van der Waals surface area contributed by atoms with Gasteiger partial charge in [-0.15, -0.1) is 0 Å². The Morgan fingerprint density at radius 2 is 1.09 bits per heavy atom. The van der Waals surface area contributed by atoms with Gasteiger partial charge >= 0.3 is 0 Å². The zero-order valence-electron chi connectivity index (χ0n) is 28.6. The number of ether oxygens (including phenoxy) is 7. The van der Waals surface area contributed by atoms with Gasteiger partial charge in [0.2, 0.25) is 0 Å². The Bertz CT molecular complexity index is 1310. The molecular weight excluding hydrogens is 592 g/mol. The average Bonchev–Trinajstić information content (AvgIpc) is 3.12. The number of hydrogen-bond donors (Lipinski definition) is 0. The Labute approximate surface area is 280 Å². The Hall–Kier alpha value is -2.94. The lowest BCUT2D eigenvalue weighted by Gasteiger charge is -2.45. The van der Waals surface area contributed by atoms with Crippen molar-refractivity contribution >= 4 is 0 Å². The van der Waals surface area contributed by atoms with Gasteiger partial charge in [0.05, 0.1) is 65.1 Å². The molecule has 1 heterocycles. The molecule has 47 heavy (non-hydrogen) atoms. The van der Waals surface area contributed by atoms with Crippen molar-refractivity contribution in [3.8, 4) is 11.5 Å². The lowest BCUT2D eigenvalue weighted by atomic mass is 9.76. The van der Waals surface area contributed by atoms with Crippen LogP contribution in [0.3, 0.4) is 0 Å². The summed E-state index contributed by atoms with van der Waals surface area (Å²) in [5.41, 5.74) is 2.96. The maximum absolute atomic E-state index is 6.99. The van der Waals surface area contributed by atoms with Crippen LogP contribution in [0.2, 0.25) is 0 Å². The molecule has 254 valence electrons. The highest BCUT2D eigenvalue weighted by molar-refractivity contribution is 5.47. The van der Waals surface area contributed by atoms with E-state index in [1.807, 2.05) is 12.1 Å². The van der Waals surface area contributed by atoms with Crippen LogP contribution in [0.5, 0.6) is 11.5 Å². The van der Waals surface area contributed by atoms with Crippen LogP contribution in [0.25, 0.3) is 0 Å². The fraction of sp³-hybridized carbons (Fsp3) is 0.550. The van der Waals surface area contributed by atoms with Crippen molar-refractivity contribution in [1.82, 2.24) is 0 Å². The summed E-state index contributed by atoms with van der Waals surface area (Å²) in [4.78, 5) is 0. The van der Waals surface area contributed by atoms with Crippen LogP contribution in [0, 0.1) is 0 Å². The largest absolute Gasteiger partial charge is 0.497 e. The summed E-state index contributed by atoms with van der Waals surface area (Å²) in [7, 11) is 3.42. The van der Waals surface area contributed by atoms with Gasteiger partial charge in [0, 0.05) is 11.1 Å². The van der Waals surface area contributed by atoms with Gasteiger partial charge in [-0.3, -0.25) is 0 Å². The lowest BCUT2D eigenvalue weighted by Crippen LogP contribution is -2.48. The molecule has 2 bridgehead atoms. The molecule has 3 aromatic rings. The highest BCUT2D eigenvalue weighted by Crippen LogP contribution is 2.45. The molecule has 7 nitrogen and oxygen atoms in total. The summed E-state index contributed by atoms with van der Waals surface area (Å²) in [5, 5.41) is 0. The van der Waals surface area contributed by atoms with Crippen LogP contribution >= 0.6 is 0 Å². The van der Waals surface area contributed by atoms with Gasteiger partial charge in [-0.25, -0.2) is 0 Å². The maximum Gasteiger partial charge on any atom is 0.130 e. The van der Waals surface area contributed by atoms with E-state index in [-0.39, 0.29) is 24.4 Å². The van der Waals surface area contributed by atoms with E-state index in [9.17, 15) is 0 Å². The molecule has 1 aliphatic heterocycles. The van der Waals surface area contributed by atoms with Gasteiger partial charge in [-0.1, -0.05) is 86.3 Å². The number of rotatable bonds is 4. The van der Waals surface area contributed by atoms with E-state index in [1.54, 1.807) is 14.2 Å². The third-order valence-electron chi connectivity index (χ3n) is 10.2. The molecule has 0 saturated heterocycles. The average molecular weight is 645 g/mol. The van der Waals surface area contributed by atoms with Crippen LogP contribution in [0.1, 0.15) is 87.5 Å². The van der Waals surface area contributed by atoms with Crippen molar-refractivity contribution in [3.63, 3.8) is 0 Å². The molecule has 7 heteroatoms. The molecule has 6 atom stereocenters. The van der Waals surface area contributed by atoms with E-state index in [4.69, 9.17) is 33.2 Å². The van der Waals surface area contributed by atoms with Gasteiger partial charge in [0.25, 0.3) is 0 Å². The Morgan fingerprint density at radius 1 is 0.617 bits per heavy atom. The summed E-state index contributed by atoms with van der Waals surface area (Å²) in [6.07, 6.45) is 7.31. The highest BCUT2D eigenvalue weighted by Gasteiger charge is 2.46. The monoisotopic (exact) mass is 644 g/mol. The normalized spacial score (nSPS) is 31.0. The molecule has 0 aromatic heterocycles. The van der Waals surface area contributed by atoms with Crippen molar-refractivity contribution < 1.29 is 33.2 Å². The fourth-order valence-corrected chi connectivity index (χ4v) is 7.96. The standard InChI is InChI=1S/C40H52O7/c1-29-25-45-39(33-15-7-5-8-16-33)21-13-11-19-36(39)43-27-31-23-35(41-3)24-32(38(31)42-4)28-44-37-20-12-14-22-40(37,46-26-30(2)47-29)34-17-9-6-10-18-34/h5-10,15-18,23-24,29-30,36-37H,11-14,19-22,25-28H2,1-4H3/t29-,30-,36+,37+,39+,40+/m0/s1. The second-order valence-corrected chi connectivity index (χ2v) is 13.5. The molecule has 0 amide bonds. The van der Waals surface area contributed by atoms with Gasteiger partial charge < -0.3 is 33.2 Å². The summed E-state index contributed by atoms with van der Waals surface area (Å²) in [5.74, 6) is 1.52. The van der Waals surface area contributed by atoms with Gasteiger partial charge in [-0.2, -0.15) is 0 Å². The molecule has 0 unspecified atom stereocenters. The third-order valence-corrected chi connectivity index (χ3v) is 10.2. The molecule has 2 fully saturated rings. The van der Waals surface area contributed by atoms with Crippen LogP contribution < -0.4 is 9.47 Å². The van der Waals surface area contributed by atoms with Crippen molar-refractivity contribution in [2.45, 2.75) is 114 Å². The predicted octanol–water partition coefficient (Wildman–Crippen LogP) is 8.25. The minimum atomic E-state index is -0.590. The Kier molecular flexibility index (Phi) is 11.2. The molecule has 6 rings (SSSR count). The molecular formula is C40H52O7. The van der Waals surface area contributed by atoms with Gasteiger partial charge in [0.15, 0.2) is 0 Å². The number of benzene rings is 3. The number of fused-ring (bicyclic) bond motifs is 4. The molecule has 2 aliphatic carbocycles. The summed E-state index contributed by atoms with van der Waals surface area (Å²) >= 11 is 0. The Morgan fingerprint density at radius 3 is 1.51 bits per heavy atom. The molecule has 0 spiro atoms. The smallest absolute Gasteiger partial charge is 0.130 e. The van der Waals surface area contributed by atoms with Crippen molar-refractivity contribution in [2.24, 2.45) is 0 Å². The van der Waals surface area contributed by atoms with E-state index in [1.165, 1.54) is 0 Å². The van der Waals surface area contributed by atoms with Crippen LogP contribution in [0.4, 0.5) is 0 Å². The second-order valence-electron chi connectivity index (χ2n) is 13.5. The van der Waals surface area contributed by atoms with Gasteiger partial charge in [0.1, 0.15) is 22.7 Å². The first-order valence-corrected chi connectivity index (χ1v) is 17.5. The minimum absolute atomic E-state index is 0.136. The topological polar surface area (TPSA) is 64.6 Å². The predicted molar refractivity (Wildman–Crippen MR) is 182 cm³/mol. The summed E-state index contributed by atoms with van der Waals surface area (Å²) in [6.45, 7) is 5.80. The summed E-state index contributed by atoms with van der Waals surface area (Å²) < 4.78 is 46.2. The molecule has 2 saturated carbocycles. The van der Waals surface area contributed by atoms with Crippen molar-refractivity contribution in [3.05, 3.63) is 95.1 Å². The first-order chi connectivity index (χ1) is 23.0. The molecule has 0 N–H and O–H groups in total. The van der Waals surface area contributed by atoms with Gasteiger partial charge in [-0.05, 0) is 62.8 Å². The van der Waals surface area contributed by atoms with Crippen LogP contribution in [-0.2, 0) is 48.1 Å². The third kappa shape index (κ3) is 7.40. The first kappa shape index (κ1) is 33.9. The zero-order chi connectivity index (χ0) is 32.7. The van der Waals surface area contributed by atoms with E-state index < -0.39 is 11.2 Å². The fourth-order valence-electron chi connectivity index (χ4n) is 7.96. The van der Waals surface area contributed by atoms with Crippen molar-refractivity contribution in [1.29, 1.82) is 0 Å². The van der Waals surface area contributed by atoms with Crippen LogP contribution in [-0.4, -0.2) is 51.8 Å².